The summed E-state index contributed by atoms with van der Waals surface area (Å²) in [4.78, 5) is 0. The van der Waals surface area contributed by atoms with E-state index < -0.39 is 6.10 Å². The van der Waals surface area contributed by atoms with Crippen molar-refractivity contribution in [3.63, 3.8) is 0 Å². The number of benzene rings is 1. The highest BCUT2D eigenvalue weighted by atomic mass is 19.1. The lowest BCUT2D eigenvalue weighted by atomic mass is 10.1. The molecule has 18 heavy (non-hydrogen) atoms. The van der Waals surface area contributed by atoms with Crippen LogP contribution in [0.2, 0.25) is 0 Å². The Morgan fingerprint density at radius 2 is 2.11 bits per heavy atom. The van der Waals surface area contributed by atoms with Crippen molar-refractivity contribution in [2.24, 2.45) is 0 Å². The first-order chi connectivity index (χ1) is 8.68. The molecule has 0 saturated carbocycles. The van der Waals surface area contributed by atoms with Crippen molar-refractivity contribution < 1.29 is 13.9 Å². The SMILES string of the molecule is Cc1ccoc1CNCC(O)c1ccccc1F. The van der Waals surface area contributed by atoms with Crippen LogP contribution in [0.5, 0.6) is 0 Å². The molecule has 1 atom stereocenters. The lowest BCUT2D eigenvalue weighted by Gasteiger charge is -2.12. The predicted molar refractivity (Wildman–Crippen MR) is 66.5 cm³/mol. The first kappa shape index (κ1) is 12.8. The third kappa shape index (κ3) is 2.97. The van der Waals surface area contributed by atoms with Gasteiger partial charge in [0, 0.05) is 12.1 Å². The highest BCUT2D eigenvalue weighted by Gasteiger charge is 2.12. The normalized spacial score (nSPS) is 12.6. The molecule has 1 unspecified atom stereocenters. The molecule has 0 aliphatic rings. The Morgan fingerprint density at radius 1 is 1.33 bits per heavy atom. The van der Waals surface area contributed by atoms with Crippen molar-refractivity contribution in [2.75, 3.05) is 6.54 Å². The van der Waals surface area contributed by atoms with Crippen LogP contribution >= 0.6 is 0 Å². The van der Waals surface area contributed by atoms with E-state index in [2.05, 4.69) is 5.32 Å². The lowest BCUT2D eigenvalue weighted by Crippen LogP contribution is -2.21. The molecule has 1 aromatic carbocycles. The fraction of sp³-hybridized carbons (Fsp3) is 0.286. The molecule has 96 valence electrons. The number of rotatable bonds is 5. The fourth-order valence-electron chi connectivity index (χ4n) is 1.76. The summed E-state index contributed by atoms with van der Waals surface area (Å²) < 4.78 is 18.7. The molecule has 2 aromatic rings. The van der Waals surface area contributed by atoms with Crippen LogP contribution in [-0.4, -0.2) is 11.7 Å². The molecule has 1 aromatic heterocycles. The van der Waals surface area contributed by atoms with Crippen LogP contribution in [0, 0.1) is 12.7 Å². The molecule has 0 aliphatic heterocycles. The van der Waals surface area contributed by atoms with Gasteiger partial charge in [0.05, 0.1) is 18.9 Å². The smallest absolute Gasteiger partial charge is 0.129 e. The summed E-state index contributed by atoms with van der Waals surface area (Å²) in [7, 11) is 0. The van der Waals surface area contributed by atoms with Crippen LogP contribution in [-0.2, 0) is 6.54 Å². The lowest BCUT2D eigenvalue weighted by molar-refractivity contribution is 0.169. The van der Waals surface area contributed by atoms with Crippen molar-refractivity contribution in [3.8, 4) is 0 Å². The highest BCUT2D eigenvalue weighted by Crippen LogP contribution is 2.16. The van der Waals surface area contributed by atoms with Gasteiger partial charge in [0.15, 0.2) is 0 Å². The number of aliphatic hydroxyl groups is 1. The van der Waals surface area contributed by atoms with E-state index >= 15 is 0 Å². The van der Waals surface area contributed by atoms with Gasteiger partial charge in [0.25, 0.3) is 0 Å². The average molecular weight is 249 g/mol. The number of nitrogens with one attached hydrogen (secondary N) is 1. The zero-order valence-electron chi connectivity index (χ0n) is 10.2. The van der Waals surface area contributed by atoms with E-state index in [1.165, 1.54) is 6.07 Å². The number of halogens is 1. The average Bonchev–Trinajstić information content (AvgIpc) is 2.75. The Morgan fingerprint density at radius 3 is 2.78 bits per heavy atom. The second-order valence-corrected chi connectivity index (χ2v) is 4.20. The van der Waals surface area contributed by atoms with Gasteiger partial charge in [-0.15, -0.1) is 0 Å². The molecule has 2 N–H and O–H groups in total. The Hall–Kier alpha value is -1.65. The molecule has 0 fully saturated rings. The minimum Gasteiger partial charge on any atom is -0.468 e. The number of furan rings is 1. The quantitative estimate of drug-likeness (QED) is 0.856. The largest absolute Gasteiger partial charge is 0.468 e. The van der Waals surface area contributed by atoms with Crippen LogP contribution in [0.25, 0.3) is 0 Å². The Balaban J connectivity index is 1.87. The minimum atomic E-state index is -0.860. The summed E-state index contributed by atoms with van der Waals surface area (Å²) >= 11 is 0. The second-order valence-electron chi connectivity index (χ2n) is 4.20. The Bertz CT molecular complexity index is 510. The molecular weight excluding hydrogens is 233 g/mol. The standard InChI is InChI=1S/C14H16FNO2/c1-10-6-7-18-14(10)9-16-8-13(17)11-4-2-3-5-12(11)15/h2-7,13,16-17H,8-9H2,1H3. The van der Waals surface area contributed by atoms with Gasteiger partial charge in [0.2, 0.25) is 0 Å². The zero-order chi connectivity index (χ0) is 13.0. The maximum Gasteiger partial charge on any atom is 0.129 e. The van der Waals surface area contributed by atoms with Gasteiger partial charge in [-0.2, -0.15) is 0 Å². The van der Waals surface area contributed by atoms with Crippen molar-refractivity contribution in [2.45, 2.75) is 19.6 Å². The predicted octanol–water partition coefficient (Wildman–Crippen LogP) is 2.55. The maximum absolute atomic E-state index is 13.4. The fourth-order valence-corrected chi connectivity index (χ4v) is 1.76. The van der Waals surface area contributed by atoms with Gasteiger partial charge in [-0.1, -0.05) is 18.2 Å². The van der Waals surface area contributed by atoms with Crippen molar-refractivity contribution in [3.05, 3.63) is 59.3 Å². The Kier molecular flexibility index (Phi) is 4.12. The van der Waals surface area contributed by atoms with Crippen LogP contribution in [0.1, 0.15) is 23.0 Å². The third-order valence-corrected chi connectivity index (χ3v) is 2.86. The topological polar surface area (TPSA) is 45.4 Å². The van der Waals surface area contributed by atoms with Gasteiger partial charge in [-0.05, 0) is 24.6 Å². The van der Waals surface area contributed by atoms with Crippen LogP contribution < -0.4 is 5.32 Å². The highest BCUT2D eigenvalue weighted by molar-refractivity contribution is 5.20. The number of hydrogen-bond donors (Lipinski definition) is 2. The van der Waals surface area contributed by atoms with Crippen LogP contribution in [0.15, 0.2) is 41.0 Å². The van der Waals surface area contributed by atoms with Gasteiger partial charge >= 0.3 is 0 Å². The number of hydrogen-bond acceptors (Lipinski definition) is 3. The van der Waals surface area contributed by atoms with Crippen molar-refractivity contribution in [1.82, 2.24) is 5.32 Å². The van der Waals surface area contributed by atoms with E-state index in [4.69, 9.17) is 4.42 Å². The monoisotopic (exact) mass is 249 g/mol. The molecule has 0 bridgehead atoms. The van der Waals surface area contributed by atoms with Gasteiger partial charge in [0.1, 0.15) is 11.6 Å². The molecule has 1 heterocycles. The van der Waals surface area contributed by atoms with E-state index in [-0.39, 0.29) is 12.4 Å². The van der Waals surface area contributed by atoms with Crippen LogP contribution in [0.3, 0.4) is 0 Å². The van der Waals surface area contributed by atoms with E-state index in [1.807, 2.05) is 13.0 Å². The molecular formula is C14H16FNO2. The molecule has 0 aliphatic carbocycles. The summed E-state index contributed by atoms with van der Waals surface area (Å²) in [5.74, 6) is 0.441. The summed E-state index contributed by atoms with van der Waals surface area (Å²) in [5.41, 5.74) is 1.36. The second kappa shape index (κ2) is 5.80. The van der Waals surface area contributed by atoms with E-state index in [9.17, 15) is 9.50 Å². The van der Waals surface area contributed by atoms with Crippen LogP contribution in [0.4, 0.5) is 4.39 Å². The molecule has 0 spiro atoms. The van der Waals surface area contributed by atoms with E-state index in [0.29, 0.717) is 12.1 Å². The summed E-state index contributed by atoms with van der Waals surface area (Å²) in [6.07, 6.45) is 0.765. The summed E-state index contributed by atoms with van der Waals surface area (Å²) in [5, 5.41) is 12.9. The number of aliphatic hydroxyl groups excluding tert-OH is 1. The molecule has 0 saturated heterocycles. The van der Waals surface area contributed by atoms with E-state index in [1.54, 1.807) is 24.5 Å². The zero-order valence-corrected chi connectivity index (χ0v) is 10.2. The third-order valence-electron chi connectivity index (χ3n) is 2.86. The number of aryl methyl sites for hydroxylation is 1. The first-order valence-electron chi connectivity index (χ1n) is 5.84. The summed E-state index contributed by atoms with van der Waals surface area (Å²) in [6.45, 7) is 2.75. The summed E-state index contributed by atoms with van der Waals surface area (Å²) in [6, 6.07) is 8.11. The molecule has 2 rings (SSSR count). The molecule has 3 nitrogen and oxygen atoms in total. The van der Waals surface area contributed by atoms with Gasteiger partial charge in [-0.25, -0.2) is 4.39 Å². The van der Waals surface area contributed by atoms with Gasteiger partial charge < -0.3 is 14.8 Å². The van der Waals surface area contributed by atoms with E-state index in [0.717, 1.165) is 11.3 Å². The molecule has 0 amide bonds. The molecule has 4 heteroatoms. The van der Waals surface area contributed by atoms with Crippen molar-refractivity contribution in [1.29, 1.82) is 0 Å². The minimum absolute atomic E-state index is 0.279. The van der Waals surface area contributed by atoms with Crippen molar-refractivity contribution >= 4 is 0 Å². The molecule has 0 radical (unpaired) electrons. The maximum atomic E-state index is 13.4. The first-order valence-corrected chi connectivity index (χ1v) is 5.84. The Labute approximate surface area is 105 Å². The van der Waals surface area contributed by atoms with Gasteiger partial charge in [-0.3, -0.25) is 0 Å².